The first kappa shape index (κ1) is 10.8. The van der Waals surface area contributed by atoms with E-state index in [1.165, 1.54) is 18.1 Å². The largest absolute Gasteiger partial charge is 0.418 e. The Hall–Kier alpha value is -1.23. The van der Waals surface area contributed by atoms with Crippen molar-refractivity contribution in [2.24, 2.45) is 0 Å². The van der Waals surface area contributed by atoms with Crippen LogP contribution in [-0.4, -0.2) is 10.7 Å². The van der Waals surface area contributed by atoms with Gasteiger partial charge in [-0.3, -0.25) is 10.1 Å². The van der Waals surface area contributed by atoms with Crippen LogP contribution in [-0.2, 0) is 0 Å². The maximum atomic E-state index is 10.7. The SMILES string of the molecule is CCSOc1c(C)cccc1[N+](=O)[O-]. The van der Waals surface area contributed by atoms with Crippen molar-refractivity contribution >= 4 is 17.7 Å². The topological polar surface area (TPSA) is 52.4 Å². The van der Waals surface area contributed by atoms with Gasteiger partial charge in [-0.15, -0.1) is 0 Å². The van der Waals surface area contributed by atoms with Gasteiger partial charge in [-0.05, 0) is 12.5 Å². The summed E-state index contributed by atoms with van der Waals surface area (Å²) >= 11 is 1.20. The van der Waals surface area contributed by atoms with Crippen molar-refractivity contribution < 1.29 is 9.11 Å². The summed E-state index contributed by atoms with van der Waals surface area (Å²) in [6.07, 6.45) is 0. The number of nitro benzene ring substituents is 1. The van der Waals surface area contributed by atoms with Crippen LogP contribution in [0.25, 0.3) is 0 Å². The molecule has 0 fully saturated rings. The molecule has 0 aromatic heterocycles. The second-order valence-corrected chi connectivity index (χ2v) is 3.65. The third-order valence-corrected chi connectivity index (χ3v) is 2.17. The number of hydrogen-bond donors (Lipinski definition) is 0. The Bertz CT molecular complexity index is 341. The molecular formula is C9H11NO3S. The normalized spacial score (nSPS) is 9.86. The molecule has 0 radical (unpaired) electrons. The number of para-hydroxylation sites is 1. The fraction of sp³-hybridized carbons (Fsp3) is 0.333. The number of aryl methyl sites for hydroxylation is 1. The lowest BCUT2D eigenvalue weighted by molar-refractivity contribution is -0.385. The van der Waals surface area contributed by atoms with Crippen molar-refractivity contribution in [3.8, 4) is 5.75 Å². The first-order valence-electron chi connectivity index (χ1n) is 4.20. The van der Waals surface area contributed by atoms with Gasteiger partial charge in [0.05, 0.1) is 17.0 Å². The molecule has 0 heterocycles. The number of hydrogen-bond acceptors (Lipinski definition) is 4. The maximum Gasteiger partial charge on any atom is 0.312 e. The van der Waals surface area contributed by atoms with Crippen molar-refractivity contribution in [2.45, 2.75) is 13.8 Å². The van der Waals surface area contributed by atoms with E-state index in [4.69, 9.17) is 4.18 Å². The summed E-state index contributed by atoms with van der Waals surface area (Å²) < 4.78 is 5.25. The number of rotatable bonds is 4. The van der Waals surface area contributed by atoms with Crippen LogP contribution in [0.5, 0.6) is 5.75 Å². The predicted octanol–water partition coefficient (Wildman–Crippen LogP) is 2.95. The highest BCUT2D eigenvalue weighted by atomic mass is 32.2. The molecule has 0 saturated carbocycles. The average Bonchev–Trinajstić information content (AvgIpc) is 2.15. The smallest absolute Gasteiger partial charge is 0.312 e. The molecule has 0 aliphatic heterocycles. The fourth-order valence-electron chi connectivity index (χ4n) is 1.01. The Morgan fingerprint density at radius 1 is 1.57 bits per heavy atom. The lowest BCUT2D eigenvalue weighted by atomic mass is 10.2. The highest BCUT2D eigenvalue weighted by Gasteiger charge is 2.16. The van der Waals surface area contributed by atoms with Crippen LogP contribution in [0.1, 0.15) is 12.5 Å². The van der Waals surface area contributed by atoms with Crippen molar-refractivity contribution in [3.05, 3.63) is 33.9 Å². The summed E-state index contributed by atoms with van der Waals surface area (Å²) in [5.41, 5.74) is 0.797. The Balaban J connectivity index is 3.02. The summed E-state index contributed by atoms with van der Waals surface area (Å²) in [6, 6.07) is 4.88. The van der Waals surface area contributed by atoms with E-state index < -0.39 is 4.92 Å². The van der Waals surface area contributed by atoms with E-state index in [1.54, 1.807) is 19.1 Å². The second-order valence-electron chi connectivity index (χ2n) is 2.67. The lowest BCUT2D eigenvalue weighted by Gasteiger charge is -2.05. The van der Waals surface area contributed by atoms with Crippen LogP contribution < -0.4 is 4.18 Å². The maximum absolute atomic E-state index is 10.7. The molecule has 0 atom stereocenters. The highest BCUT2D eigenvalue weighted by molar-refractivity contribution is 7.94. The summed E-state index contributed by atoms with van der Waals surface area (Å²) in [5, 5.41) is 10.7. The molecule has 1 aromatic rings. The minimum absolute atomic E-state index is 0.0194. The fourth-order valence-corrected chi connectivity index (χ4v) is 1.46. The van der Waals surface area contributed by atoms with Crippen LogP contribution in [0.3, 0.4) is 0 Å². The van der Waals surface area contributed by atoms with E-state index in [-0.39, 0.29) is 5.69 Å². The summed E-state index contributed by atoms with van der Waals surface area (Å²) in [5.74, 6) is 1.11. The quantitative estimate of drug-likeness (QED) is 0.438. The standard InChI is InChI=1S/C9H11NO3S/c1-3-14-13-9-7(2)5-4-6-8(9)10(11)12/h4-6H,3H2,1-2H3. The van der Waals surface area contributed by atoms with Crippen LogP contribution in [0.2, 0.25) is 0 Å². The molecule has 0 aliphatic carbocycles. The Kier molecular flexibility index (Phi) is 3.76. The number of nitro groups is 1. The van der Waals surface area contributed by atoms with Crippen LogP contribution in [0.4, 0.5) is 5.69 Å². The van der Waals surface area contributed by atoms with Gasteiger partial charge < -0.3 is 4.18 Å². The Labute approximate surface area is 86.6 Å². The third kappa shape index (κ3) is 2.38. The molecule has 5 heteroatoms. The van der Waals surface area contributed by atoms with Gasteiger partial charge in [-0.1, -0.05) is 19.1 Å². The summed E-state index contributed by atoms with van der Waals surface area (Å²) in [7, 11) is 0. The molecule has 1 rings (SSSR count). The third-order valence-electron chi connectivity index (χ3n) is 1.65. The molecule has 14 heavy (non-hydrogen) atoms. The molecule has 0 spiro atoms. The predicted molar refractivity (Wildman–Crippen MR) is 56.6 cm³/mol. The molecule has 1 aromatic carbocycles. The van der Waals surface area contributed by atoms with Crippen LogP contribution in [0.15, 0.2) is 18.2 Å². The zero-order valence-corrected chi connectivity index (χ0v) is 8.84. The first-order valence-corrected chi connectivity index (χ1v) is 5.11. The second kappa shape index (κ2) is 4.85. The molecule has 0 saturated heterocycles. The summed E-state index contributed by atoms with van der Waals surface area (Å²) in [4.78, 5) is 10.2. The molecule has 0 amide bonds. The van der Waals surface area contributed by atoms with Gasteiger partial charge >= 0.3 is 5.69 Å². The first-order chi connectivity index (χ1) is 6.66. The van der Waals surface area contributed by atoms with Gasteiger partial charge in [0.25, 0.3) is 0 Å². The van der Waals surface area contributed by atoms with Gasteiger partial charge in [0, 0.05) is 11.8 Å². The van der Waals surface area contributed by atoms with E-state index in [0.717, 1.165) is 11.3 Å². The van der Waals surface area contributed by atoms with Crippen LogP contribution in [0, 0.1) is 17.0 Å². The Morgan fingerprint density at radius 2 is 2.29 bits per heavy atom. The van der Waals surface area contributed by atoms with Gasteiger partial charge in [0.2, 0.25) is 5.75 Å². The number of nitrogens with zero attached hydrogens (tertiary/aromatic N) is 1. The van der Waals surface area contributed by atoms with E-state index in [2.05, 4.69) is 0 Å². The molecular weight excluding hydrogens is 202 g/mol. The van der Waals surface area contributed by atoms with Crippen molar-refractivity contribution in [1.82, 2.24) is 0 Å². The van der Waals surface area contributed by atoms with E-state index in [9.17, 15) is 10.1 Å². The van der Waals surface area contributed by atoms with Crippen molar-refractivity contribution in [2.75, 3.05) is 5.75 Å². The molecule has 4 nitrogen and oxygen atoms in total. The zero-order valence-electron chi connectivity index (χ0n) is 8.02. The zero-order chi connectivity index (χ0) is 10.6. The van der Waals surface area contributed by atoms with Gasteiger partial charge in [0.15, 0.2) is 0 Å². The van der Waals surface area contributed by atoms with Gasteiger partial charge in [0.1, 0.15) is 0 Å². The average molecular weight is 213 g/mol. The van der Waals surface area contributed by atoms with E-state index >= 15 is 0 Å². The number of benzene rings is 1. The van der Waals surface area contributed by atoms with Crippen molar-refractivity contribution in [3.63, 3.8) is 0 Å². The highest BCUT2D eigenvalue weighted by Crippen LogP contribution is 2.32. The monoisotopic (exact) mass is 213 g/mol. The molecule has 0 N–H and O–H groups in total. The molecule has 0 bridgehead atoms. The summed E-state index contributed by atoms with van der Waals surface area (Å²) in [6.45, 7) is 3.72. The minimum Gasteiger partial charge on any atom is -0.418 e. The van der Waals surface area contributed by atoms with E-state index in [1.807, 2.05) is 6.92 Å². The van der Waals surface area contributed by atoms with Crippen molar-refractivity contribution in [1.29, 1.82) is 0 Å². The van der Waals surface area contributed by atoms with Gasteiger partial charge in [-0.2, -0.15) is 0 Å². The Morgan fingerprint density at radius 3 is 2.86 bits per heavy atom. The van der Waals surface area contributed by atoms with E-state index in [0.29, 0.717) is 5.75 Å². The molecule has 0 aliphatic rings. The minimum atomic E-state index is -0.432. The van der Waals surface area contributed by atoms with Crippen LogP contribution >= 0.6 is 12.0 Å². The van der Waals surface area contributed by atoms with Gasteiger partial charge in [-0.25, -0.2) is 0 Å². The molecule has 76 valence electrons. The molecule has 0 unspecified atom stereocenters. The lowest BCUT2D eigenvalue weighted by Crippen LogP contribution is -1.94.